The largest absolute Gasteiger partial charge is 0.394 e. The smallest absolute Gasteiger partial charge is 0.164 e. The molecule has 0 aromatic carbocycles. The Morgan fingerprint density at radius 2 is 0.923 bits per heavy atom. The molecule has 39 heavy (non-hydrogen) atoms. The molecule has 0 bridgehead atoms. The molecule has 0 saturated carbocycles. The molecule has 6 heteroatoms. The molecule has 5 nitrogen and oxygen atoms in total. The van der Waals surface area contributed by atoms with Gasteiger partial charge in [0.1, 0.15) is 17.7 Å². The van der Waals surface area contributed by atoms with Gasteiger partial charge in [0.2, 0.25) is 0 Å². The second-order valence-corrected chi connectivity index (χ2v) is 13.1. The van der Waals surface area contributed by atoms with E-state index in [1.54, 1.807) is 0 Å². The van der Waals surface area contributed by atoms with Crippen molar-refractivity contribution >= 4 is 19.9 Å². The predicted molar refractivity (Wildman–Crippen MR) is 168 cm³/mol. The number of Topliss-reactive ketones (excluding diaryl/α,β-unsaturated/α-hetero) is 1. The Balaban J connectivity index is 4.21. The highest BCUT2D eigenvalue weighted by molar-refractivity contribution is 7.58. The molecule has 0 heterocycles. The lowest BCUT2D eigenvalue weighted by Gasteiger charge is -2.19. The molecule has 0 aliphatic carbocycles. The Morgan fingerprint density at radius 3 is 1.31 bits per heavy atom. The van der Waals surface area contributed by atoms with Crippen LogP contribution in [0.2, 0.25) is 0 Å². The van der Waals surface area contributed by atoms with Crippen molar-refractivity contribution in [2.24, 2.45) is 5.92 Å². The van der Waals surface area contributed by atoms with Crippen LogP contribution in [0.5, 0.6) is 0 Å². The van der Waals surface area contributed by atoms with Gasteiger partial charge in [-0.15, -0.1) is 0 Å². The molecule has 0 spiro atoms. The van der Waals surface area contributed by atoms with Crippen molar-refractivity contribution in [3.63, 3.8) is 0 Å². The van der Waals surface area contributed by atoms with Crippen LogP contribution in [0.25, 0.3) is 0 Å². The minimum absolute atomic E-state index is 0.00261. The van der Waals surface area contributed by atoms with Crippen molar-refractivity contribution in [1.82, 2.24) is 0 Å². The van der Waals surface area contributed by atoms with E-state index >= 15 is 0 Å². The number of hydrogen-bond donors (Lipinski definition) is 3. The molecule has 0 aromatic rings. The molecule has 0 amide bonds. The Bertz CT molecular complexity index is 556. The summed E-state index contributed by atoms with van der Waals surface area (Å²) >= 11 is 0. The van der Waals surface area contributed by atoms with Crippen LogP contribution in [0.3, 0.4) is 0 Å². The molecule has 0 aliphatic rings. The summed E-state index contributed by atoms with van der Waals surface area (Å²) in [4.78, 5) is 25.9. The van der Waals surface area contributed by atoms with Gasteiger partial charge in [-0.05, 0) is 21.4 Å². The van der Waals surface area contributed by atoms with Gasteiger partial charge in [0, 0.05) is 6.42 Å². The van der Waals surface area contributed by atoms with E-state index < -0.39 is 33.1 Å². The van der Waals surface area contributed by atoms with Gasteiger partial charge in [-0.1, -0.05) is 155 Å². The number of unbranched alkanes of at least 4 members (excludes halogenated alkanes) is 21. The van der Waals surface area contributed by atoms with E-state index in [4.69, 9.17) is 5.11 Å². The van der Waals surface area contributed by atoms with Gasteiger partial charge < -0.3 is 15.3 Å². The lowest BCUT2D eigenvalue weighted by atomic mass is 9.93. The minimum Gasteiger partial charge on any atom is -0.394 e. The van der Waals surface area contributed by atoms with Crippen molar-refractivity contribution in [2.45, 2.75) is 186 Å². The Labute approximate surface area is 243 Å². The summed E-state index contributed by atoms with van der Waals surface area (Å²) in [6.07, 6.45) is 28.0. The second-order valence-electron chi connectivity index (χ2n) is 11.7. The van der Waals surface area contributed by atoms with Crippen molar-refractivity contribution < 1.29 is 24.9 Å². The lowest BCUT2D eigenvalue weighted by Crippen LogP contribution is -2.29. The van der Waals surface area contributed by atoms with E-state index in [1.165, 1.54) is 109 Å². The molecule has 0 fully saturated rings. The van der Waals surface area contributed by atoms with Crippen LogP contribution in [0.15, 0.2) is 0 Å². The molecule has 4 atom stereocenters. The zero-order valence-corrected chi connectivity index (χ0v) is 26.8. The number of ketones is 1. The van der Waals surface area contributed by atoms with E-state index in [0.29, 0.717) is 12.8 Å². The van der Waals surface area contributed by atoms with Crippen LogP contribution >= 0.6 is 8.58 Å². The maximum Gasteiger partial charge on any atom is 0.164 e. The average molecular weight is 573 g/mol. The summed E-state index contributed by atoms with van der Waals surface area (Å²) in [5.74, 6) is -1.96. The van der Waals surface area contributed by atoms with Gasteiger partial charge in [-0.25, -0.2) is 0 Å². The SMILES string of the molecule is CCCCCCCCCCCCCCCC(=O)C(CCCCCCCCCCCC)C(=O)PC(O)C(O)CO. The summed E-state index contributed by atoms with van der Waals surface area (Å²) < 4.78 is 0. The first-order valence-corrected chi connectivity index (χ1v) is 17.9. The topological polar surface area (TPSA) is 94.8 Å². The number of aliphatic hydroxyl groups excluding tert-OH is 3. The minimum atomic E-state index is -1.33. The van der Waals surface area contributed by atoms with Crippen LogP contribution in [-0.2, 0) is 9.59 Å². The highest BCUT2D eigenvalue weighted by Crippen LogP contribution is 2.30. The molecule has 0 aliphatic heterocycles. The van der Waals surface area contributed by atoms with E-state index in [1.807, 2.05) is 0 Å². The number of carbonyl (C=O) groups excluding carboxylic acids is 2. The predicted octanol–water partition coefficient (Wildman–Crippen LogP) is 8.84. The third-order valence-electron chi connectivity index (χ3n) is 7.92. The van der Waals surface area contributed by atoms with E-state index in [-0.39, 0.29) is 11.3 Å². The summed E-state index contributed by atoms with van der Waals surface area (Å²) in [5.41, 5.74) is -0.259. The Hall–Kier alpha value is -0.350. The van der Waals surface area contributed by atoms with Crippen LogP contribution in [0.4, 0.5) is 0 Å². The highest BCUT2D eigenvalue weighted by atomic mass is 31.1. The number of carbonyl (C=O) groups is 2. The zero-order valence-electron chi connectivity index (χ0n) is 25.8. The summed E-state index contributed by atoms with van der Waals surface area (Å²) in [6, 6.07) is 0. The van der Waals surface area contributed by atoms with Crippen molar-refractivity contribution in [1.29, 1.82) is 0 Å². The average Bonchev–Trinajstić information content (AvgIpc) is 2.93. The number of aliphatic hydroxyl groups is 3. The fourth-order valence-corrected chi connectivity index (χ4v) is 6.30. The maximum absolute atomic E-state index is 13.0. The van der Waals surface area contributed by atoms with Crippen LogP contribution in [0.1, 0.15) is 174 Å². The fourth-order valence-electron chi connectivity index (χ4n) is 5.21. The molecule has 4 unspecified atom stereocenters. The molecule has 0 rings (SSSR count). The molecule has 3 N–H and O–H groups in total. The van der Waals surface area contributed by atoms with Gasteiger partial charge in [0.15, 0.2) is 5.52 Å². The van der Waals surface area contributed by atoms with Gasteiger partial charge in [-0.2, -0.15) is 0 Å². The first-order chi connectivity index (χ1) is 19.0. The first-order valence-electron chi connectivity index (χ1n) is 16.8. The molecule has 0 saturated heterocycles. The third-order valence-corrected chi connectivity index (χ3v) is 9.23. The van der Waals surface area contributed by atoms with Crippen LogP contribution < -0.4 is 0 Å². The zero-order chi connectivity index (χ0) is 29.0. The van der Waals surface area contributed by atoms with Crippen molar-refractivity contribution in [3.05, 3.63) is 0 Å². The van der Waals surface area contributed by atoms with Crippen LogP contribution in [-0.4, -0.2) is 45.2 Å². The van der Waals surface area contributed by atoms with Gasteiger partial charge >= 0.3 is 0 Å². The van der Waals surface area contributed by atoms with Gasteiger partial charge in [0.25, 0.3) is 0 Å². The van der Waals surface area contributed by atoms with E-state index in [0.717, 1.165) is 38.5 Å². The Morgan fingerprint density at radius 1 is 0.564 bits per heavy atom. The lowest BCUT2D eigenvalue weighted by molar-refractivity contribution is -0.129. The summed E-state index contributed by atoms with van der Waals surface area (Å²) in [7, 11) is -0.558. The van der Waals surface area contributed by atoms with Crippen molar-refractivity contribution in [3.8, 4) is 0 Å². The molecule has 0 radical (unpaired) electrons. The monoisotopic (exact) mass is 572 g/mol. The van der Waals surface area contributed by atoms with Crippen LogP contribution in [0, 0.1) is 5.92 Å². The first kappa shape index (κ1) is 38.6. The number of hydrogen-bond acceptors (Lipinski definition) is 5. The second kappa shape index (κ2) is 29.2. The molecular weight excluding hydrogens is 507 g/mol. The summed E-state index contributed by atoms with van der Waals surface area (Å²) in [6.45, 7) is 3.90. The molecular formula is C33H65O5P. The van der Waals surface area contributed by atoms with E-state index in [9.17, 15) is 19.8 Å². The summed E-state index contributed by atoms with van der Waals surface area (Å²) in [5, 5.41) is 28.8. The number of rotatable bonds is 31. The molecule has 0 aromatic heterocycles. The maximum atomic E-state index is 13.0. The van der Waals surface area contributed by atoms with Crippen molar-refractivity contribution in [2.75, 3.05) is 6.61 Å². The molecule has 232 valence electrons. The van der Waals surface area contributed by atoms with Gasteiger partial charge in [0.05, 0.1) is 12.5 Å². The Kier molecular flexibility index (Phi) is 28.9. The normalized spacial score (nSPS) is 14.2. The van der Waals surface area contributed by atoms with E-state index in [2.05, 4.69) is 13.8 Å². The third kappa shape index (κ3) is 24.0. The highest BCUT2D eigenvalue weighted by Gasteiger charge is 2.29. The standard InChI is InChI=1S/C33H65O5P/c1-3-5-7-9-11-13-15-16-17-19-21-23-25-27-30(35)29(32(37)39-33(38)31(36)28-34)26-24-22-20-18-14-12-10-8-6-4-2/h29,31,33-34,36,38-39H,3-28H2,1-2H3. The quantitative estimate of drug-likeness (QED) is 0.0438. The fraction of sp³-hybridized carbons (Fsp3) is 0.939. The van der Waals surface area contributed by atoms with Gasteiger partial charge in [-0.3, -0.25) is 9.59 Å².